The van der Waals surface area contributed by atoms with Gasteiger partial charge in [0.15, 0.2) is 0 Å². The first-order valence-corrected chi connectivity index (χ1v) is 8.54. The molecule has 1 aliphatic rings. The number of aliphatic hydroxyl groups is 1. The Morgan fingerprint density at radius 3 is 2.29 bits per heavy atom. The van der Waals surface area contributed by atoms with Crippen LogP contribution >= 0.6 is 23.2 Å². The molecule has 1 atom stereocenters. The molecule has 118 valence electrons. The number of hydrogen-bond donors (Lipinski definition) is 1. The van der Waals surface area contributed by atoms with Gasteiger partial charge < -0.3 is 5.11 Å². The Kier molecular flexibility index (Phi) is 5.96. The smallest absolute Gasteiger partial charge is 0.0758 e. The molecule has 21 heavy (non-hydrogen) atoms. The maximum atomic E-state index is 10.7. The van der Waals surface area contributed by atoms with E-state index in [4.69, 9.17) is 23.2 Å². The van der Waals surface area contributed by atoms with Crippen molar-refractivity contribution in [3.05, 3.63) is 33.8 Å². The molecule has 1 unspecified atom stereocenters. The number of rotatable bonds is 4. The third-order valence-corrected chi connectivity index (χ3v) is 5.39. The molecular weight excluding hydrogens is 305 g/mol. The fourth-order valence-corrected chi connectivity index (χ4v) is 3.32. The van der Waals surface area contributed by atoms with Crippen LogP contribution in [0.25, 0.3) is 0 Å². The van der Waals surface area contributed by atoms with Gasteiger partial charge >= 0.3 is 0 Å². The molecule has 2 rings (SSSR count). The Balaban J connectivity index is 2.05. The van der Waals surface area contributed by atoms with Gasteiger partial charge in [-0.15, -0.1) is 0 Å². The molecule has 1 saturated heterocycles. The summed E-state index contributed by atoms with van der Waals surface area (Å²) in [5.74, 6) is 0. The van der Waals surface area contributed by atoms with E-state index in [2.05, 4.69) is 18.7 Å². The summed E-state index contributed by atoms with van der Waals surface area (Å²) >= 11 is 12.0. The highest BCUT2D eigenvalue weighted by molar-refractivity contribution is 6.42. The fraction of sp³-hybridized carbons (Fsp3) is 0.647. The van der Waals surface area contributed by atoms with Gasteiger partial charge in [0.25, 0.3) is 0 Å². The summed E-state index contributed by atoms with van der Waals surface area (Å²) in [6, 6.07) is 5.59. The lowest BCUT2D eigenvalue weighted by Gasteiger charge is -2.41. The third kappa shape index (κ3) is 4.35. The van der Waals surface area contributed by atoms with Crippen molar-refractivity contribution >= 4 is 23.2 Å². The quantitative estimate of drug-likeness (QED) is 0.875. The maximum absolute atomic E-state index is 10.7. The van der Waals surface area contributed by atoms with Crippen molar-refractivity contribution in [1.82, 2.24) is 4.90 Å². The van der Waals surface area contributed by atoms with Gasteiger partial charge in [-0.2, -0.15) is 0 Å². The number of nitrogens with zero attached hydrogens (tertiary/aromatic N) is 1. The van der Waals surface area contributed by atoms with Crippen LogP contribution in [0.5, 0.6) is 0 Å². The second-order valence-electron chi connectivity index (χ2n) is 6.52. The number of benzene rings is 1. The van der Waals surface area contributed by atoms with Crippen LogP contribution in [-0.4, -0.2) is 34.7 Å². The van der Waals surface area contributed by atoms with Crippen LogP contribution in [0, 0.1) is 0 Å². The SMILES string of the molecule is CC(C)(C(O)Cc1ccc(Cl)c(Cl)c1)N1CCCCCC1. The highest BCUT2D eigenvalue weighted by Gasteiger charge is 2.34. The normalized spacial score (nSPS) is 19.3. The monoisotopic (exact) mass is 329 g/mol. The molecule has 0 aromatic heterocycles. The van der Waals surface area contributed by atoms with Crippen molar-refractivity contribution in [3.8, 4) is 0 Å². The third-order valence-electron chi connectivity index (χ3n) is 4.65. The predicted molar refractivity (Wildman–Crippen MR) is 90.3 cm³/mol. The Morgan fingerprint density at radius 1 is 1.10 bits per heavy atom. The minimum atomic E-state index is -0.423. The van der Waals surface area contributed by atoms with E-state index in [0.29, 0.717) is 16.5 Å². The lowest BCUT2D eigenvalue weighted by atomic mass is 9.89. The largest absolute Gasteiger partial charge is 0.391 e. The molecule has 0 aliphatic carbocycles. The summed E-state index contributed by atoms with van der Waals surface area (Å²) in [7, 11) is 0. The molecule has 1 aromatic carbocycles. The van der Waals surface area contributed by atoms with Crippen molar-refractivity contribution in [3.63, 3.8) is 0 Å². The zero-order chi connectivity index (χ0) is 15.5. The molecule has 1 N–H and O–H groups in total. The van der Waals surface area contributed by atoms with Gasteiger partial charge in [-0.05, 0) is 57.5 Å². The molecule has 0 spiro atoms. The van der Waals surface area contributed by atoms with E-state index in [-0.39, 0.29) is 5.54 Å². The minimum Gasteiger partial charge on any atom is -0.391 e. The highest BCUT2D eigenvalue weighted by Crippen LogP contribution is 2.28. The van der Waals surface area contributed by atoms with Crippen LogP contribution in [0.2, 0.25) is 10.0 Å². The van der Waals surface area contributed by atoms with Gasteiger partial charge in [-0.3, -0.25) is 4.90 Å². The second-order valence-corrected chi connectivity index (χ2v) is 7.34. The van der Waals surface area contributed by atoms with E-state index < -0.39 is 6.10 Å². The Hall–Kier alpha value is -0.280. The van der Waals surface area contributed by atoms with E-state index in [1.807, 2.05) is 12.1 Å². The molecule has 0 bridgehead atoms. The Labute approximate surface area is 138 Å². The molecule has 1 aliphatic heterocycles. The molecule has 1 aromatic rings. The first-order chi connectivity index (χ1) is 9.91. The number of likely N-dealkylation sites (tertiary alicyclic amines) is 1. The second kappa shape index (κ2) is 7.32. The Bertz CT molecular complexity index is 468. The predicted octanol–water partition coefficient (Wildman–Crippen LogP) is 4.55. The first-order valence-electron chi connectivity index (χ1n) is 7.78. The van der Waals surface area contributed by atoms with Crippen LogP contribution in [0.4, 0.5) is 0 Å². The van der Waals surface area contributed by atoms with Crippen molar-refractivity contribution in [2.24, 2.45) is 0 Å². The van der Waals surface area contributed by atoms with E-state index in [0.717, 1.165) is 18.7 Å². The first kappa shape index (κ1) is 17.1. The highest BCUT2D eigenvalue weighted by atomic mass is 35.5. The molecule has 1 fully saturated rings. The summed E-state index contributed by atoms with van der Waals surface area (Å²) in [5, 5.41) is 11.8. The molecule has 2 nitrogen and oxygen atoms in total. The molecule has 1 heterocycles. The van der Waals surface area contributed by atoms with Crippen LogP contribution in [0.15, 0.2) is 18.2 Å². The van der Waals surface area contributed by atoms with E-state index in [1.165, 1.54) is 25.7 Å². The maximum Gasteiger partial charge on any atom is 0.0758 e. The molecular formula is C17H25Cl2NO. The standard InChI is InChI=1S/C17H25Cl2NO/c1-17(2,20-9-5-3-4-6-10-20)16(21)12-13-7-8-14(18)15(19)11-13/h7-8,11,16,21H,3-6,9-10,12H2,1-2H3. The number of halogens is 2. The van der Waals surface area contributed by atoms with Crippen LogP contribution in [-0.2, 0) is 6.42 Å². The topological polar surface area (TPSA) is 23.5 Å². The summed E-state index contributed by atoms with van der Waals surface area (Å²) in [6.45, 7) is 6.43. The molecule has 0 saturated carbocycles. The van der Waals surface area contributed by atoms with Crippen LogP contribution in [0.3, 0.4) is 0 Å². The van der Waals surface area contributed by atoms with Crippen molar-refractivity contribution < 1.29 is 5.11 Å². The van der Waals surface area contributed by atoms with Crippen molar-refractivity contribution in [1.29, 1.82) is 0 Å². The van der Waals surface area contributed by atoms with Gasteiger partial charge in [-0.25, -0.2) is 0 Å². The molecule has 0 amide bonds. The Morgan fingerprint density at radius 2 is 1.71 bits per heavy atom. The van der Waals surface area contributed by atoms with Crippen LogP contribution in [0.1, 0.15) is 45.1 Å². The van der Waals surface area contributed by atoms with Crippen LogP contribution < -0.4 is 0 Å². The zero-order valence-electron chi connectivity index (χ0n) is 12.9. The number of hydrogen-bond acceptors (Lipinski definition) is 2. The molecule has 4 heteroatoms. The van der Waals surface area contributed by atoms with Crippen molar-refractivity contribution in [2.45, 2.75) is 57.6 Å². The fourth-order valence-electron chi connectivity index (χ4n) is 3.00. The van der Waals surface area contributed by atoms with Gasteiger partial charge in [0.2, 0.25) is 0 Å². The van der Waals surface area contributed by atoms with E-state index in [1.54, 1.807) is 6.07 Å². The minimum absolute atomic E-state index is 0.226. The summed E-state index contributed by atoms with van der Waals surface area (Å²) in [4.78, 5) is 2.43. The van der Waals surface area contributed by atoms with Gasteiger partial charge in [0.05, 0.1) is 16.1 Å². The average molecular weight is 330 g/mol. The average Bonchev–Trinajstić information content (AvgIpc) is 2.72. The summed E-state index contributed by atoms with van der Waals surface area (Å²) in [6.07, 6.45) is 5.23. The zero-order valence-corrected chi connectivity index (χ0v) is 14.4. The summed E-state index contributed by atoms with van der Waals surface area (Å²) in [5.41, 5.74) is 0.802. The number of aliphatic hydroxyl groups excluding tert-OH is 1. The van der Waals surface area contributed by atoms with Gasteiger partial charge in [0, 0.05) is 12.0 Å². The van der Waals surface area contributed by atoms with Crippen molar-refractivity contribution in [2.75, 3.05) is 13.1 Å². The lowest BCUT2D eigenvalue weighted by Crippen LogP contribution is -2.53. The molecule has 0 radical (unpaired) electrons. The van der Waals surface area contributed by atoms with E-state index >= 15 is 0 Å². The van der Waals surface area contributed by atoms with E-state index in [9.17, 15) is 5.11 Å². The lowest BCUT2D eigenvalue weighted by molar-refractivity contribution is -0.00786. The summed E-state index contributed by atoms with van der Waals surface area (Å²) < 4.78 is 0. The van der Waals surface area contributed by atoms with Gasteiger partial charge in [0.1, 0.15) is 0 Å². The van der Waals surface area contributed by atoms with Gasteiger partial charge in [-0.1, -0.05) is 42.1 Å².